The van der Waals surface area contributed by atoms with Gasteiger partial charge in [0.05, 0.1) is 7.11 Å². The second kappa shape index (κ2) is 4.10. The van der Waals surface area contributed by atoms with Crippen LogP contribution in [0.15, 0.2) is 11.0 Å². The molecule has 1 N–H and O–H groups in total. The number of esters is 1. The number of hydrogen-bond acceptors (Lipinski definition) is 5. The quantitative estimate of drug-likeness (QED) is 0.608. The van der Waals surface area contributed by atoms with Gasteiger partial charge in [0.25, 0.3) is 4.84 Å². The lowest BCUT2D eigenvalue weighted by atomic mass is 10.5. The van der Waals surface area contributed by atoms with Crippen LogP contribution < -0.4 is 0 Å². The molecular formula is C8H9NO4S. The maximum absolute atomic E-state index is 10.9. The van der Waals surface area contributed by atoms with E-state index < -0.39 is 5.97 Å². The average Bonchev–Trinajstić information content (AvgIpc) is 2.44. The molecule has 1 heterocycles. The predicted octanol–water partition coefficient (Wildman–Crippen LogP) is 1.33. The van der Waals surface area contributed by atoms with Crippen molar-refractivity contribution < 1.29 is 19.1 Å². The highest BCUT2D eigenvalue weighted by molar-refractivity contribution is 7.71. The molecule has 6 heteroatoms. The molecule has 0 aliphatic heterocycles. The van der Waals surface area contributed by atoms with Gasteiger partial charge >= 0.3 is 5.97 Å². The minimum Gasteiger partial charge on any atom is -0.492 e. The fraction of sp³-hybridized carbons (Fsp3) is 0.250. The van der Waals surface area contributed by atoms with Crippen LogP contribution in [0.25, 0.3) is 6.08 Å². The monoisotopic (exact) mass is 215 g/mol. The fourth-order valence-corrected chi connectivity index (χ4v) is 1.12. The molecule has 0 saturated heterocycles. The van der Waals surface area contributed by atoms with E-state index in [0.29, 0.717) is 0 Å². The third-order valence-electron chi connectivity index (χ3n) is 1.59. The average molecular weight is 215 g/mol. The number of aromatic nitrogens is 1. The molecule has 14 heavy (non-hydrogen) atoms. The summed E-state index contributed by atoms with van der Waals surface area (Å²) in [5, 5.41) is 9.48. The molecule has 0 aliphatic rings. The number of hydrogen-bond donors (Lipinski definition) is 1. The van der Waals surface area contributed by atoms with Crippen LogP contribution in [0.3, 0.4) is 0 Å². The maximum Gasteiger partial charge on any atom is 0.325 e. The summed E-state index contributed by atoms with van der Waals surface area (Å²) in [6, 6.07) is 0. The summed E-state index contributed by atoms with van der Waals surface area (Å²) < 4.78 is 10.5. The Hall–Kier alpha value is -1.56. The molecule has 0 radical (unpaired) electrons. The Morgan fingerprint density at radius 1 is 1.86 bits per heavy atom. The molecule has 0 amide bonds. The van der Waals surface area contributed by atoms with Crippen LogP contribution in [0.5, 0.6) is 5.88 Å². The number of carbonyl (C=O) groups excluding carboxylic acids is 1. The van der Waals surface area contributed by atoms with E-state index >= 15 is 0 Å². The van der Waals surface area contributed by atoms with Crippen LogP contribution in [0.4, 0.5) is 0 Å². The molecule has 0 atom stereocenters. The summed E-state index contributed by atoms with van der Waals surface area (Å²) in [7, 11) is 1.25. The van der Waals surface area contributed by atoms with Crippen LogP contribution in [0, 0.1) is 4.84 Å². The first-order chi connectivity index (χ1) is 6.60. The van der Waals surface area contributed by atoms with Crippen LogP contribution in [0.2, 0.25) is 0 Å². The van der Waals surface area contributed by atoms with Gasteiger partial charge in [-0.3, -0.25) is 9.36 Å². The van der Waals surface area contributed by atoms with Crippen molar-refractivity contribution in [2.24, 2.45) is 0 Å². The van der Waals surface area contributed by atoms with Crippen molar-refractivity contribution >= 4 is 24.3 Å². The fourth-order valence-electron chi connectivity index (χ4n) is 0.880. The highest BCUT2D eigenvalue weighted by Crippen LogP contribution is 2.21. The van der Waals surface area contributed by atoms with Crippen LogP contribution in [-0.2, 0) is 16.1 Å². The molecule has 1 aromatic heterocycles. The minimum absolute atomic E-state index is 0.00259. The van der Waals surface area contributed by atoms with Gasteiger partial charge in [0.15, 0.2) is 5.76 Å². The zero-order valence-electron chi connectivity index (χ0n) is 7.52. The molecule has 0 unspecified atom stereocenters. The van der Waals surface area contributed by atoms with E-state index in [-0.39, 0.29) is 23.0 Å². The number of ether oxygens (including phenoxy) is 1. The van der Waals surface area contributed by atoms with Gasteiger partial charge in [0, 0.05) is 0 Å². The van der Waals surface area contributed by atoms with Crippen molar-refractivity contribution in [1.29, 1.82) is 0 Å². The second-order valence-electron chi connectivity index (χ2n) is 2.42. The zero-order chi connectivity index (χ0) is 10.7. The molecule has 0 bridgehead atoms. The lowest BCUT2D eigenvalue weighted by Crippen LogP contribution is -2.10. The Morgan fingerprint density at radius 3 is 2.93 bits per heavy atom. The van der Waals surface area contributed by atoms with E-state index in [1.807, 2.05) is 0 Å². The van der Waals surface area contributed by atoms with Gasteiger partial charge in [-0.2, -0.15) is 0 Å². The Kier molecular flexibility index (Phi) is 3.08. The smallest absolute Gasteiger partial charge is 0.325 e. The van der Waals surface area contributed by atoms with E-state index in [9.17, 15) is 9.90 Å². The number of oxazole rings is 1. The molecule has 0 spiro atoms. The second-order valence-corrected chi connectivity index (χ2v) is 2.77. The van der Waals surface area contributed by atoms with Crippen LogP contribution in [-0.4, -0.2) is 22.8 Å². The Balaban J connectivity index is 3.08. The first-order valence-electron chi connectivity index (χ1n) is 3.72. The molecule has 0 aromatic carbocycles. The highest BCUT2D eigenvalue weighted by Gasteiger charge is 2.13. The van der Waals surface area contributed by atoms with E-state index in [1.54, 1.807) is 0 Å². The number of methoxy groups -OCH3 is 1. The van der Waals surface area contributed by atoms with Crippen molar-refractivity contribution in [2.45, 2.75) is 6.54 Å². The van der Waals surface area contributed by atoms with Gasteiger partial charge in [-0.1, -0.05) is 6.58 Å². The summed E-state index contributed by atoms with van der Waals surface area (Å²) in [4.78, 5) is 10.9. The Labute approximate surface area is 85.2 Å². The van der Waals surface area contributed by atoms with Crippen molar-refractivity contribution in [3.8, 4) is 5.88 Å². The SMILES string of the molecule is C=Cc1oc(=S)n(CC(=O)OC)c1O. The topological polar surface area (TPSA) is 64.6 Å². The van der Waals surface area contributed by atoms with E-state index in [0.717, 1.165) is 4.57 Å². The lowest BCUT2D eigenvalue weighted by Gasteiger charge is -2.00. The molecule has 1 rings (SSSR count). The van der Waals surface area contributed by atoms with Crippen molar-refractivity contribution in [3.63, 3.8) is 0 Å². The molecule has 0 saturated carbocycles. The highest BCUT2D eigenvalue weighted by atomic mass is 32.1. The summed E-state index contributed by atoms with van der Waals surface area (Å²) in [5.74, 6) is -0.609. The van der Waals surface area contributed by atoms with Crippen molar-refractivity contribution in [1.82, 2.24) is 4.57 Å². The third kappa shape index (κ3) is 1.85. The summed E-state index contributed by atoms with van der Waals surface area (Å²) in [6.45, 7) is 3.23. The Bertz CT molecular complexity index is 417. The van der Waals surface area contributed by atoms with Gasteiger partial charge in [-0.05, 0) is 18.3 Å². The van der Waals surface area contributed by atoms with Gasteiger partial charge in [0.2, 0.25) is 5.88 Å². The van der Waals surface area contributed by atoms with E-state index in [1.165, 1.54) is 13.2 Å². The zero-order valence-corrected chi connectivity index (χ0v) is 8.34. The number of aromatic hydroxyl groups is 1. The summed E-state index contributed by atoms with van der Waals surface area (Å²) in [6.07, 6.45) is 1.30. The van der Waals surface area contributed by atoms with Gasteiger partial charge in [-0.15, -0.1) is 0 Å². The minimum atomic E-state index is -0.521. The summed E-state index contributed by atoms with van der Waals surface area (Å²) in [5.41, 5.74) is 0. The van der Waals surface area contributed by atoms with Gasteiger partial charge in [-0.25, -0.2) is 0 Å². The lowest BCUT2D eigenvalue weighted by molar-refractivity contribution is -0.141. The molecule has 1 aromatic rings. The Morgan fingerprint density at radius 2 is 2.50 bits per heavy atom. The van der Waals surface area contributed by atoms with Gasteiger partial charge < -0.3 is 14.3 Å². The number of nitrogens with zero attached hydrogens (tertiary/aromatic N) is 1. The van der Waals surface area contributed by atoms with Crippen molar-refractivity contribution in [2.75, 3.05) is 7.11 Å². The molecule has 0 aliphatic carbocycles. The first-order valence-corrected chi connectivity index (χ1v) is 4.12. The first kappa shape index (κ1) is 10.5. The number of carbonyl (C=O) groups is 1. The number of rotatable bonds is 3. The largest absolute Gasteiger partial charge is 0.492 e. The molecule has 0 fully saturated rings. The predicted molar refractivity (Wildman–Crippen MR) is 51.3 cm³/mol. The van der Waals surface area contributed by atoms with Crippen LogP contribution >= 0.6 is 12.2 Å². The summed E-state index contributed by atoms with van der Waals surface area (Å²) >= 11 is 4.77. The van der Waals surface area contributed by atoms with Crippen molar-refractivity contribution in [3.05, 3.63) is 17.2 Å². The van der Waals surface area contributed by atoms with E-state index in [4.69, 9.17) is 16.6 Å². The molecular weight excluding hydrogens is 206 g/mol. The molecule has 76 valence electrons. The molecule has 5 nitrogen and oxygen atoms in total. The van der Waals surface area contributed by atoms with E-state index in [2.05, 4.69) is 11.3 Å². The normalized spacial score (nSPS) is 9.79. The van der Waals surface area contributed by atoms with Crippen LogP contribution in [0.1, 0.15) is 5.76 Å². The maximum atomic E-state index is 10.9. The van der Waals surface area contributed by atoms with Gasteiger partial charge in [0.1, 0.15) is 6.54 Å². The standard InChI is InChI=1S/C8H9NO4S/c1-3-5-7(11)9(8(14)13-5)4-6(10)12-2/h3,11H,1,4H2,2H3. The third-order valence-corrected chi connectivity index (χ3v) is 1.90.